The van der Waals surface area contributed by atoms with E-state index in [0.29, 0.717) is 11.4 Å². The van der Waals surface area contributed by atoms with Crippen molar-refractivity contribution in [1.29, 1.82) is 5.26 Å². The van der Waals surface area contributed by atoms with E-state index in [1.807, 2.05) is 25.1 Å². The molecule has 6 nitrogen and oxygen atoms in total. The van der Waals surface area contributed by atoms with E-state index in [4.69, 9.17) is 10.00 Å². The average molecular weight is 322 g/mol. The van der Waals surface area contributed by atoms with Crippen LogP contribution in [0.3, 0.4) is 0 Å². The van der Waals surface area contributed by atoms with Crippen LogP contribution in [0.4, 0.5) is 0 Å². The van der Waals surface area contributed by atoms with Crippen molar-refractivity contribution in [3.63, 3.8) is 0 Å². The van der Waals surface area contributed by atoms with E-state index >= 15 is 0 Å². The molecule has 2 heterocycles. The van der Waals surface area contributed by atoms with Crippen molar-refractivity contribution in [2.75, 3.05) is 0 Å². The second-order valence-corrected chi connectivity index (χ2v) is 5.32. The van der Waals surface area contributed by atoms with Crippen molar-refractivity contribution < 1.29 is 19.2 Å². The van der Waals surface area contributed by atoms with Gasteiger partial charge in [-0.05, 0) is 24.6 Å². The number of pyridine rings is 1. The van der Waals surface area contributed by atoms with Gasteiger partial charge in [0.25, 0.3) is 5.65 Å². The van der Waals surface area contributed by atoms with E-state index in [0.717, 1.165) is 5.56 Å². The van der Waals surface area contributed by atoms with Gasteiger partial charge in [-0.15, -0.1) is 0 Å². The van der Waals surface area contributed by atoms with Crippen LogP contribution in [0.1, 0.15) is 22.5 Å². The number of imidazole rings is 1. The molecule has 0 bridgehead atoms. The second kappa shape index (κ2) is 6.42. The number of para-hydroxylation sites is 1. The number of aromatic nitrogens is 2. The molecule has 1 aromatic carbocycles. The summed E-state index contributed by atoms with van der Waals surface area (Å²) in [5.41, 5.74) is 1.47. The molecule has 1 N–H and O–H groups in total. The summed E-state index contributed by atoms with van der Waals surface area (Å²) in [4.78, 5) is 12.6. The van der Waals surface area contributed by atoms with Gasteiger partial charge in [-0.25, -0.2) is 4.79 Å². The lowest BCUT2D eigenvalue weighted by Gasteiger charge is -2.04. The monoisotopic (exact) mass is 322 g/mol. The average Bonchev–Trinajstić information content (AvgIpc) is 2.86. The molecule has 0 unspecified atom stereocenters. The number of carbonyl (C=O) groups is 1. The summed E-state index contributed by atoms with van der Waals surface area (Å²) >= 11 is 0. The van der Waals surface area contributed by atoms with E-state index < -0.39 is 5.97 Å². The van der Waals surface area contributed by atoms with Crippen molar-refractivity contribution in [1.82, 2.24) is 4.40 Å². The summed E-state index contributed by atoms with van der Waals surface area (Å²) in [6, 6.07) is 14.5. The highest BCUT2D eigenvalue weighted by Crippen LogP contribution is 2.22. The molecule has 0 fully saturated rings. The number of hydrogen-bond acceptors (Lipinski definition) is 4. The molecule has 0 aliphatic carbocycles. The molecule has 24 heavy (non-hydrogen) atoms. The Labute approximate surface area is 138 Å². The Morgan fingerprint density at radius 3 is 2.79 bits per heavy atom. The largest absolute Gasteiger partial charge is 0.474 e. The third-order valence-corrected chi connectivity index (χ3v) is 3.76. The van der Waals surface area contributed by atoms with Crippen LogP contribution in [-0.4, -0.2) is 15.5 Å². The summed E-state index contributed by atoms with van der Waals surface area (Å²) in [5.74, 6) is -0.426. The normalized spacial score (nSPS) is 10.5. The molecule has 0 spiro atoms. The lowest BCUT2D eigenvalue weighted by Crippen LogP contribution is -2.32. The van der Waals surface area contributed by atoms with Gasteiger partial charge >= 0.3 is 17.5 Å². The fraction of sp³-hybridized carbons (Fsp3) is 0.167. The minimum absolute atomic E-state index is 0.0341. The molecule has 0 atom stereocenters. The molecule has 0 aliphatic rings. The van der Waals surface area contributed by atoms with Gasteiger partial charge in [0.05, 0.1) is 18.7 Å². The number of rotatable bonds is 4. The lowest BCUT2D eigenvalue weighted by atomic mass is 10.2. The molecule has 0 aliphatic heterocycles. The first-order valence-corrected chi connectivity index (χ1v) is 7.50. The van der Waals surface area contributed by atoms with Gasteiger partial charge in [0.2, 0.25) is 0 Å². The second-order valence-electron chi connectivity index (χ2n) is 5.32. The number of aryl methyl sites for hydroxylation is 2. The number of carbonyl (C=O) groups excluding carboxylic acids is 1. The van der Waals surface area contributed by atoms with E-state index in [9.17, 15) is 9.90 Å². The zero-order valence-electron chi connectivity index (χ0n) is 13.1. The van der Waals surface area contributed by atoms with Crippen molar-refractivity contribution in [3.05, 3.63) is 59.9 Å². The van der Waals surface area contributed by atoms with Crippen molar-refractivity contribution in [3.8, 4) is 17.7 Å². The van der Waals surface area contributed by atoms with E-state index in [1.54, 1.807) is 40.9 Å². The van der Waals surface area contributed by atoms with Crippen LogP contribution in [0.2, 0.25) is 0 Å². The molecule has 6 heteroatoms. The number of esters is 1. The highest BCUT2D eigenvalue weighted by molar-refractivity contribution is 5.92. The van der Waals surface area contributed by atoms with Crippen molar-refractivity contribution >= 4 is 11.6 Å². The molecule has 3 aromatic rings. The number of aromatic hydroxyl groups is 1. The van der Waals surface area contributed by atoms with Gasteiger partial charge < -0.3 is 9.84 Å². The first-order valence-electron chi connectivity index (χ1n) is 7.50. The molecule has 0 saturated carbocycles. The number of nitrogens with zero attached hydrogens (tertiary/aromatic N) is 3. The Bertz CT molecular complexity index is 954. The highest BCUT2D eigenvalue weighted by Gasteiger charge is 2.32. The zero-order valence-corrected chi connectivity index (χ0v) is 13.1. The Hall–Kier alpha value is -3.33. The third-order valence-electron chi connectivity index (χ3n) is 3.76. The van der Waals surface area contributed by atoms with Crippen molar-refractivity contribution in [2.24, 2.45) is 0 Å². The van der Waals surface area contributed by atoms with Gasteiger partial charge in [0, 0.05) is 6.07 Å². The molecule has 120 valence electrons. The number of ether oxygens (including phenoxy) is 1. The van der Waals surface area contributed by atoms with Gasteiger partial charge in [-0.3, -0.25) is 0 Å². The summed E-state index contributed by atoms with van der Waals surface area (Å²) in [5, 5.41) is 19.3. The van der Waals surface area contributed by atoms with Gasteiger partial charge in [-0.1, -0.05) is 24.3 Å². The Morgan fingerprint density at radius 1 is 1.29 bits per heavy atom. The van der Waals surface area contributed by atoms with Gasteiger partial charge in [-0.2, -0.15) is 14.2 Å². The first kappa shape index (κ1) is 15.6. The van der Waals surface area contributed by atoms with Crippen LogP contribution < -0.4 is 9.30 Å². The molecular formula is C18H16N3O3+. The summed E-state index contributed by atoms with van der Waals surface area (Å²) in [7, 11) is 0. The SMILES string of the molecule is Cc1ccccc1OC(=O)c1c(O)[n+](CCC#N)c2ccccn12. The van der Waals surface area contributed by atoms with Crippen LogP contribution in [0.25, 0.3) is 5.65 Å². The third kappa shape index (κ3) is 2.68. The number of fused-ring (bicyclic) bond motifs is 1. The molecule has 3 rings (SSSR count). The number of benzene rings is 1. The van der Waals surface area contributed by atoms with Crippen LogP contribution in [0.5, 0.6) is 11.6 Å². The minimum Gasteiger partial charge on any atom is -0.474 e. The fourth-order valence-electron chi connectivity index (χ4n) is 2.58. The number of nitriles is 1. The molecule has 0 amide bonds. The Kier molecular flexibility index (Phi) is 4.17. The van der Waals surface area contributed by atoms with Crippen LogP contribution in [0.15, 0.2) is 48.7 Å². The van der Waals surface area contributed by atoms with Gasteiger partial charge in [0.1, 0.15) is 12.3 Å². The predicted molar refractivity (Wildman–Crippen MR) is 85.6 cm³/mol. The zero-order chi connectivity index (χ0) is 17.1. The minimum atomic E-state index is -0.654. The van der Waals surface area contributed by atoms with E-state index in [1.165, 1.54) is 4.57 Å². The predicted octanol–water partition coefficient (Wildman–Crippen LogP) is 2.37. The fourth-order valence-corrected chi connectivity index (χ4v) is 2.58. The first-order chi connectivity index (χ1) is 11.6. The highest BCUT2D eigenvalue weighted by atomic mass is 16.5. The van der Waals surface area contributed by atoms with E-state index in [2.05, 4.69) is 0 Å². The van der Waals surface area contributed by atoms with Crippen LogP contribution in [-0.2, 0) is 6.54 Å². The van der Waals surface area contributed by atoms with Gasteiger partial charge in [0.15, 0.2) is 0 Å². The van der Waals surface area contributed by atoms with Crippen LogP contribution >= 0.6 is 0 Å². The summed E-state index contributed by atoms with van der Waals surface area (Å²) < 4.78 is 8.53. The topological polar surface area (TPSA) is 78.6 Å². The summed E-state index contributed by atoms with van der Waals surface area (Å²) in [6.45, 7) is 2.12. The Morgan fingerprint density at radius 2 is 2.04 bits per heavy atom. The molecule has 0 saturated heterocycles. The van der Waals surface area contributed by atoms with E-state index in [-0.39, 0.29) is 24.5 Å². The van der Waals surface area contributed by atoms with Crippen LogP contribution in [0, 0.1) is 18.3 Å². The molecular weight excluding hydrogens is 306 g/mol. The maximum Gasteiger partial charge on any atom is 0.392 e. The lowest BCUT2D eigenvalue weighted by molar-refractivity contribution is -0.675. The maximum absolute atomic E-state index is 12.6. The smallest absolute Gasteiger partial charge is 0.392 e. The van der Waals surface area contributed by atoms with Crippen molar-refractivity contribution in [2.45, 2.75) is 19.9 Å². The maximum atomic E-state index is 12.6. The summed E-state index contributed by atoms with van der Waals surface area (Å²) in [6.07, 6.45) is 1.89. The standard InChI is InChI=1S/C18H15N3O3/c1-13-7-2-3-8-14(13)24-18(23)16-17(22)21(12-6-10-19)15-9-4-5-11-20(15)16/h2-5,7-9,11H,6,12H2,1H3/p+1. The molecule has 2 aromatic heterocycles. The Balaban J connectivity index is 2.06. The quantitative estimate of drug-likeness (QED) is 0.454. The number of hydrogen-bond donors (Lipinski definition) is 1. The molecule has 0 radical (unpaired) electrons.